The van der Waals surface area contributed by atoms with Crippen LogP contribution in [-0.2, 0) is 0 Å². The molecule has 19 heavy (non-hydrogen) atoms. The van der Waals surface area contributed by atoms with Gasteiger partial charge in [-0.2, -0.15) is 0 Å². The number of thiazole rings is 1. The number of hydrogen-bond acceptors (Lipinski definition) is 5. The Morgan fingerprint density at radius 2 is 2.00 bits per heavy atom. The van der Waals surface area contributed by atoms with E-state index in [0.29, 0.717) is 11.1 Å². The van der Waals surface area contributed by atoms with Crippen molar-refractivity contribution in [1.82, 2.24) is 9.88 Å². The zero-order valence-corrected chi connectivity index (χ0v) is 12.2. The van der Waals surface area contributed by atoms with Gasteiger partial charge in [0.1, 0.15) is 4.60 Å². The van der Waals surface area contributed by atoms with Crippen molar-refractivity contribution in [2.45, 2.75) is 0 Å². The number of hydrogen-bond donors (Lipinski definition) is 1. The average Bonchev–Trinajstić information content (AvgIpc) is 2.89. The topological polar surface area (TPSA) is 62.3 Å². The van der Waals surface area contributed by atoms with Crippen molar-refractivity contribution in [2.24, 2.45) is 0 Å². The van der Waals surface area contributed by atoms with Crippen molar-refractivity contribution < 1.29 is 9.59 Å². The average molecular weight is 338 g/mol. The lowest BCUT2D eigenvalue weighted by Crippen LogP contribution is -2.24. The van der Waals surface area contributed by atoms with Crippen LogP contribution in [0.25, 0.3) is 0 Å². The number of carbonyl (C=O) groups is 2. The summed E-state index contributed by atoms with van der Waals surface area (Å²) in [6.45, 7) is 0. The van der Waals surface area contributed by atoms with Crippen molar-refractivity contribution in [3.63, 3.8) is 0 Å². The second-order valence-corrected chi connectivity index (χ2v) is 5.70. The molecule has 0 atom stereocenters. The number of anilines is 2. The van der Waals surface area contributed by atoms with Gasteiger partial charge in [0.2, 0.25) is 0 Å². The molecular weight excluding hydrogens is 330 g/mol. The molecule has 1 aromatic heterocycles. The first kappa shape index (κ1) is 12.3. The Balaban J connectivity index is 1.95. The molecule has 3 rings (SSSR count). The molecule has 0 unspecified atom stereocenters. The van der Waals surface area contributed by atoms with Crippen LogP contribution in [0.5, 0.6) is 0 Å². The van der Waals surface area contributed by atoms with Crippen LogP contribution < -0.4 is 5.32 Å². The summed E-state index contributed by atoms with van der Waals surface area (Å²) in [7, 11) is 1.48. The summed E-state index contributed by atoms with van der Waals surface area (Å²) < 4.78 is 0.757. The Bertz CT molecular complexity index is 698. The molecule has 1 aromatic carbocycles. The highest BCUT2D eigenvalue weighted by Crippen LogP contribution is 2.28. The van der Waals surface area contributed by atoms with Crippen LogP contribution in [0.3, 0.4) is 0 Å². The Kier molecular flexibility index (Phi) is 2.87. The molecule has 5 nitrogen and oxygen atoms in total. The van der Waals surface area contributed by atoms with E-state index in [9.17, 15) is 9.59 Å². The fourth-order valence-corrected chi connectivity index (χ4v) is 3.04. The minimum Gasteiger partial charge on any atom is -0.332 e. The van der Waals surface area contributed by atoms with E-state index in [2.05, 4.69) is 26.2 Å². The number of nitrogens with one attached hydrogen (secondary N) is 1. The summed E-state index contributed by atoms with van der Waals surface area (Å²) >= 11 is 4.72. The standard InChI is InChI=1S/C12H8BrN3O2S/c1-16-10(17)7-3-2-6(4-8(7)11(16)18)14-12-15-9(13)5-19-12/h2-5H,1H3,(H,14,15). The second-order valence-electron chi connectivity index (χ2n) is 4.03. The van der Waals surface area contributed by atoms with Crippen LogP contribution >= 0.6 is 27.3 Å². The van der Waals surface area contributed by atoms with E-state index >= 15 is 0 Å². The van der Waals surface area contributed by atoms with Gasteiger partial charge in [0, 0.05) is 18.1 Å². The van der Waals surface area contributed by atoms with Gasteiger partial charge in [-0.1, -0.05) is 0 Å². The highest BCUT2D eigenvalue weighted by Gasteiger charge is 2.32. The highest BCUT2D eigenvalue weighted by molar-refractivity contribution is 9.10. The van der Waals surface area contributed by atoms with E-state index in [4.69, 9.17) is 0 Å². The molecule has 2 amide bonds. The number of nitrogens with zero attached hydrogens (tertiary/aromatic N) is 2. The van der Waals surface area contributed by atoms with Crippen LogP contribution in [0.15, 0.2) is 28.2 Å². The maximum Gasteiger partial charge on any atom is 0.261 e. The van der Waals surface area contributed by atoms with Crippen LogP contribution in [-0.4, -0.2) is 28.7 Å². The molecule has 1 aliphatic heterocycles. The lowest BCUT2D eigenvalue weighted by molar-refractivity contribution is 0.0693. The smallest absolute Gasteiger partial charge is 0.261 e. The first-order chi connectivity index (χ1) is 9.06. The summed E-state index contributed by atoms with van der Waals surface area (Å²) in [6, 6.07) is 5.09. The molecule has 2 heterocycles. The van der Waals surface area contributed by atoms with Crippen molar-refractivity contribution in [3.05, 3.63) is 39.3 Å². The first-order valence-corrected chi connectivity index (χ1v) is 7.08. The Morgan fingerprint density at radius 3 is 2.68 bits per heavy atom. The summed E-state index contributed by atoms with van der Waals surface area (Å²) in [5, 5.41) is 5.68. The molecule has 0 saturated heterocycles. The van der Waals surface area contributed by atoms with Gasteiger partial charge in [0.25, 0.3) is 11.8 Å². The van der Waals surface area contributed by atoms with Gasteiger partial charge in [-0.3, -0.25) is 14.5 Å². The molecule has 1 N–H and O–H groups in total. The Hall–Kier alpha value is -1.73. The van der Waals surface area contributed by atoms with Crippen molar-refractivity contribution in [1.29, 1.82) is 0 Å². The number of benzene rings is 1. The molecular formula is C12H8BrN3O2S. The van der Waals surface area contributed by atoms with E-state index in [-0.39, 0.29) is 11.8 Å². The molecule has 0 fully saturated rings. The predicted molar refractivity (Wildman–Crippen MR) is 76.0 cm³/mol. The number of carbonyl (C=O) groups excluding carboxylic acids is 2. The second kappa shape index (κ2) is 4.43. The minimum atomic E-state index is -0.274. The predicted octanol–water partition coefficient (Wildman–Crippen LogP) is 2.88. The first-order valence-electron chi connectivity index (χ1n) is 5.41. The number of amides is 2. The zero-order chi connectivity index (χ0) is 13.6. The van der Waals surface area contributed by atoms with Gasteiger partial charge in [-0.05, 0) is 34.1 Å². The van der Waals surface area contributed by atoms with Gasteiger partial charge in [-0.15, -0.1) is 11.3 Å². The maximum absolute atomic E-state index is 11.9. The third kappa shape index (κ3) is 2.04. The zero-order valence-electron chi connectivity index (χ0n) is 9.81. The van der Waals surface area contributed by atoms with Crippen LogP contribution in [0.2, 0.25) is 0 Å². The summed E-state index contributed by atoms with van der Waals surface area (Å²) in [6.07, 6.45) is 0. The minimum absolute atomic E-state index is 0.261. The fourth-order valence-electron chi connectivity index (χ4n) is 1.87. The van der Waals surface area contributed by atoms with Crippen molar-refractivity contribution >= 4 is 49.9 Å². The third-order valence-electron chi connectivity index (χ3n) is 2.82. The Morgan fingerprint density at radius 1 is 1.26 bits per heavy atom. The van der Waals surface area contributed by atoms with Crippen LogP contribution in [0, 0.1) is 0 Å². The number of halogens is 1. The lowest BCUT2D eigenvalue weighted by atomic mass is 10.1. The Labute approximate surface area is 121 Å². The number of rotatable bonds is 2. The highest BCUT2D eigenvalue weighted by atomic mass is 79.9. The largest absolute Gasteiger partial charge is 0.332 e. The van der Waals surface area contributed by atoms with Gasteiger partial charge in [-0.25, -0.2) is 4.98 Å². The fraction of sp³-hybridized carbons (Fsp3) is 0.0833. The van der Waals surface area contributed by atoms with E-state index in [0.717, 1.165) is 20.3 Å². The quantitative estimate of drug-likeness (QED) is 0.856. The molecule has 7 heteroatoms. The van der Waals surface area contributed by atoms with E-state index in [1.54, 1.807) is 18.2 Å². The molecule has 0 radical (unpaired) electrons. The van der Waals surface area contributed by atoms with Crippen molar-refractivity contribution in [3.8, 4) is 0 Å². The van der Waals surface area contributed by atoms with Crippen LogP contribution in [0.1, 0.15) is 20.7 Å². The third-order valence-corrected chi connectivity index (χ3v) is 4.28. The van der Waals surface area contributed by atoms with Gasteiger partial charge >= 0.3 is 0 Å². The monoisotopic (exact) mass is 337 g/mol. The molecule has 2 aromatic rings. The van der Waals surface area contributed by atoms with Gasteiger partial charge < -0.3 is 5.32 Å². The molecule has 0 spiro atoms. The van der Waals surface area contributed by atoms with E-state index < -0.39 is 0 Å². The van der Waals surface area contributed by atoms with E-state index in [1.807, 2.05) is 5.38 Å². The van der Waals surface area contributed by atoms with Gasteiger partial charge in [0.15, 0.2) is 5.13 Å². The summed E-state index contributed by atoms with van der Waals surface area (Å²) in [5.74, 6) is -0.535. The number of fused-ring (bicyclic) bond motifs is 1. The van der Waals surface area contributed by atoms with Gasteiger partial charge in [0.05, 0.1) is 11.1 Å². The van der Waals surface area contributed by atoms with E-state index in [1.165, 1.54) is 18.4 Å². The van der Waals surface area contributed by atoms with Crippen LogP contribution in [0.4, 0.5) is 10.8 Å². The number of imide groups is 1. The molecule has 0 bridgehead atoms. The molecule has 0 aliphatic carbocycles. The molecule has 96 valence electrons. The SMILES string of the molecule is CN1C(=O)c2ccc(Nc3nc(Br)cs3)cc2C1=O. The molecule has 0 saturated carbocycles. The summed E-state index contributed by atoms with van der Waals surface area (Å²) in [5.41, 5.74) is 1.60. The maximum atomic E-state index is 11.9. The normalized spacial score (nSPS) is 13.9. The molecule has 1 aliphatic rings. The lowest BCUT2D eigenvalue weighted by Gasteiger charge is -2.03. The van der Waals surface area contributed by atoms with Crippen molar-refractivity contribution in [2.75, 3.05) is 12.4 Å². The number of aromatic nitrogens is 1. The summed E-state index contributed by atoms with van der Waals surface area (Å²) in [4.78, 5) is 29.0.